The van der Waals surface area contributed by atoms with Crippen molar-refractivity contribution in [1.82, 2.24) is 15.2 Å². The van der Waals surface area contributed by atoms with E-state index in [0.29, 0.717) is 5.01 Å². The van der Waals surface area contributed by atoms with Gasteiger partial charge in [0, 0.05) is 6.20 Å². The van der Waals surface area contributed by atoms with E-state index in [9.17, 15) is 4.39 Å². The van der Waals surface area contributed by atoms with Crippen molar-refractivity contribution in [3.8, 4) is 10.7 Å². The molecule has 0 saturated heterocycles. The van der Waals surface area contributed by atoms with Crippen molar-refractivity contribution in [3.63, 3.8) is 0 Å². The van der Waals surface area contributed by atoms with Crippen LogP contribution in [-0.2, 0) is 0 Å². The monoisotopic (exact) mass is 215 g/mol. The molecule has 2 aromatic heterocycles. The summed E-state index contributed by atoms with van der Waals surface area (Å²) in [5.41, 5.74) is 0.187. The number of halogens is 2. The Morgan fingerprint density at radius 2 is 2.23 bits per heavy atom. The van der Waals surface area contributed by atoms with Gasteiger partial charge in [-0.2, -0.15) is 0 Å². The lowest BCUT2D eigenvalue weighted by molar-refractivity contribution is 0.625. The fourth-order valence-electron chi connectivity index (χ4n) is 0.844. The van der Waals surface area contributed by atoms with Gasteiger partial charge in [-0.1, -0.05) is 11.3 Å². The predicted octanol–water partition coefficient (Wildman–Crippen LogP) is 2.39. The lowest BCUT2D eigenvalue weighted by Gasteiger charge is -1.93. The van der Waals surface area contributed by atoms with Gasteiger partial charge in [0.25, 0.3) is 0 Å². The molecule has 0 saturated carbocycles. The van der Waals surface area contributed by atoms with Gasteiger partial charge in [-0.05, 0) is 23.7 Å². The number of aromatic nitrogens is 3. The summed E-state index contributed by atoms with van der Waals surface area (Å²) in [6.07, 6.45) is 1.49. The molecule has 3 nitrogen and oxygen atoms in total. The number of hydrogen-bond donors (Lipinski definition) is 0. The van der Waals surface area contributed by atoms with Gasteiger partial charge < -0.3 is 0 Å². The maximum Gasteiger partial charge on any atom is 0.207 e. The minimum absolute atomic E-state index is 0.187. The molecule has 0 aliphatic heterocycles. The Kier molecular flexibility index (Phi) is 2.20. The average molecular weight is 216 g/mol. The molecule has 6 heteroatoms. The van der Waals surface area contributed by atoms with Gasteiger partial charge in [0.2, 0.25) is 4.47 Å². The van der Waals surface area contributed by atoms with Crippen LogP contribution < -0.4 is 0 Å². The van der Waals surface area contributed by atoms with E-state index >= 15 is 0 Å². The van der Waals surface area contributed by atoms with Crippen LogP contribution >= 0.6 is 22.9 Å². The van der Waals surface area contributed by atoms with E-state index in [0.717, 1.165) is 11.3 Å². The molecule has 0 aromatic carbocycles. The third-order valence-corrected chi connectivity index (χ3v) is 2.39. The molecule has 0 amide bonds. The molecular formula is C7H3ClFN3S. The summed E-state index contributed by atoms with van der Waals surface area (Å²) < 4.78 is 13.4. The van der Waals surface area contributed by atoms with Crippen molar-refractivity contribution in [2.75, 3.05) is 0 Å². The molecule has 0 atom stereocenters. The van der Waals surface area contributed by atoms with E-state index in [1.54, 1.807) is 0 Å². The molecule has 66 valence electrons. The van der Waals surface area contributed by atoms with Crippen molar-refractivity contribution in [3.05, 3.63) is 28.6 Å². The third kappa shape index (κ3) is 1.66. The van der Waals surface area contributed by atoms with Crippen LogP contribution in [0.1, 0.15) is 0 Å². The van der Waals surface area contributed by atoms with Crippen LogP contribution in [0.4, 0.5) is 4.39 Å². The van der Waals surface area contributed by atoms with E-state index < -0.39 is 5.82 Å². The summed E-state index contributed by atoms with van der Waals surface area (Å²) >= 11 is 6.65. The maximum atomic E-state index is 13.1. The van der Waals surface area contributed by atoms with E-state index in [-0.39, 0.29) is 10.2 Å². The van der Waals surface area contributed by atoms with Gasteiger partial charge in [0.1, 0.15) is 5.69 Å². The van der Waals surface area contributed by atoms with E-state index in [1.807, 2.05) is 0 Å². The van der Waals surface area contributed by atoms with Gasteiger partial charge in [-0.15, -0.1) is 10.2 Å². The van der Waals surface area contributed by atoms with Crippen molar-refractivity contribution in [2.24, 2.45) is 0 Å². The molecule has 2 heterocycles. The Labute approximate surface area is 82.2 Å². The van der Waals surface area contributed by atoms with Crippen LogP contribution in [0.5, 0.6) is 0 Å². The zero-order chi connectivity index (χ0) is 9.26. The molecule has 0 fully saturated rings. The Balaban J connectivity index is 2.52. The van der Waals surface area contributed by atoms with Crippen molar-refractivity contribution >= 4 is 22.9 Å². The van der Waals surface area contributed by atoms with E-state index in [2.05, 4.69) is 15.2 Å². The molecule has 0 aliphatic rings. The third-order valence-electron chi connectivity index (χ3n) is 1.36. The maximum absolute atomic E-state index is 13.1. The van der Waals surface area contributed by atoms with E-state index in [4.69, 9.17) is 11.6 Å². The van der Waals surface area contributed by atoms with Crippen LogP contribution in [0.15, 0.2) is 18.3 Å². The molecule has 0 unspecified atom stereocenters. The van der Waals surface area contributed by atoms with Crippen LogP contribution in [0.25, 0.3) is 10.7 Å². The Morgan fingerprint density at radius 3 is 2.85 bits per heavy atom. The largest absolute Gasteiger partial charge is 0.251 e. The van der Waals surface area contributed by atoms with Crippen LogP contribution in [0.3, 0.4) is 0 Å². The molecule has 0 aliphatic carbocycles. The summed E-state index contributed by atoms with van der Waals surface area (Å²) in [6, 6.07) is 2.83. The molecule has 0 spiro atoms. The quantitative estimate of drug-likeness (QED) is 0.733. The average Bonchev–Trinajstić information content (AvgIpc) is 2.53. The molecule has 0 radical (unpaired) electrons. The van der Waals surface area contributed by atoms with Gasteiger partial charge in [0.15, 0.2) is 10.8 Å². The standard InChI is InChI=1S/C7H3ClFN3S/c8-7-12-11-6(13-7)5-4(9)2-1-3-10-5/h1-3H. The highest BCUT2D eigenvalue weighted by Crippen LogP contribution is 2.25. The van der Waals surface area contributed by atoms with Crippen molar-refractivity contribution in [1.29, 1.82) is 0 Å². The number of rotatable bonds is 1. The van der Waals surface area contributed by atoms with Crippen LogP contribution in [-0.4, -0.2) is 15.2 Å². The fourth-order valence-corrected chi connectivity index (χ4v) is 1.67. The molecule has 0 N–H and O–H groups in total. The second-order valence-electron chi connectivity index (χ2n) is 2.19. The summed E-state index contributed by atoms with van der Waals surface area (Å²) in [5.74, 6) is -0.421. The Morgan fingerprint density at radius 1 is 1.38 bits per heavy atom. The zero-order valence-electron chi connectivity index (χ0n) is 6.24. The Hall–Kier alpha value is -1.07. The summed E-state index contributed by atoms with van der Waals surface area (Å²) in [6.45, 7) is 0. The SMILES string of the molecule is Fc1cccnc1-c1nnc(Cl)s1. The lowest BCUT2D eigenvalue weighted by atomic mass is 10.3. The van der Waals surface area contributed by atoms with Crippen molar-refractivity contribution in [2.45, 2.75) is 0 Å². The van der Waals surface area contributed by atoms with Crippen molar-refractivity contribution < 1.29 is 4.39 Å². The lowest BCUT2D eigenvalue weighted by Crippen LogP contribution is -1.86. The molecule has 0 bridgehead atoms. The first-order chi connectivity index (χ1) is 6.27. The Bertz CT molecular complexity index is 431. The topological polar surface area (TPSA) is 38.7 Å². The first kappa shape index (κ1) is 8.52. The second kappa shape index (κ2) is 3.35. The summed E-state index contributed by atoms with van der Waals surface area (Å²) in [7, 11) is 0. The molecule has 13 heavy (non-hydrogen) atoms. The fraction of sp³-hybridized carbons (Fsp3) is 0. The van der Waals surface area contributed by atoms with Gasteiger partial charge >= 0.3 is 0 Å². The number of hydrogen-bond acceptors (Lipinski definition) is 4. The summed E-state index contributed by atoms with van der Waals surface area (Å²) in [4.78, 5) is 3.84. The molecular weight excluding hydrogens is 213 g/mol. The summed E-state index contributed by atoms with van der Waals surface area (Å²) in [5, 5.41) is 7.63. The predicted molar refractivity (Wildman–Crippen MR) is 48.1 cm³/mol. The normalized spacial score (nSPS) is 10.3. The van der Waals surface area contributed by atoms with Gasteiger partial charge in [0.05, 0.1) is 0 Å². The highest BCUT2D eigenvalue weighted by molar-refractivity contribution is 7.18. The minimum atomic E-state index is -0.421. The first-order valence-corrected chi connectivity index (χ1v) is 4.57. The van der Waals surface area contributed by atoms with Crippen LogP contribution in [0, 0.1) is 5.82 Å². The first-order valence-electron chi connectivity index (χ1n) is 3.37. The van der Waals surface area contributed by atoms with Gasteiger partial charge in [-0.3, -0.25) is 4.98 Å². The molecule has 2 aromatic rings. The highest BCUT2D eigenvalue weighted by Gasteiger charge is 2.10. The number of pyridine rings is 1. The van der Waals surface area contributed by atoms with Gasteiger partial charge in [-0.25, -0.2) is 4.39 Å². The minimum Gasteiger partial charge on any atom is -0.251 e. The second-order valence-corrected chi connectivity index (χ2v) is 3.75. The smallest absolute Gasteiger partial charge is 0.207 e. The number of nitrogens with zero attached hydrogens (tertiary/aromatic N) is 3. The molecule has 2 rings (SSSR count). The highest BCUT2D eigenvalue weighted by atomic mass is 35.5. The van der Waals surface area contributed by atoms with E-state index in [1.165, 1.54) is 18.3 Å². The van der Waals surface area contributed by atoms with Crippen LogP contribution in [0.2, 0.25) is 4.47 Å². The zero-order valence-corrected chi connectivity index (χ0v) is 7.81.